The van der Waals surface area contributed by atoms with Gasteiger partial charge in [0, 0.05) is 5.56 Å². The van der Waals surface area contributed by atoms with Crippen LogP contribution in [-0.2, 0) is 16.8 Å². The Hall–Kier alpha value is -3.71. The summed E-state index contributed by atoms with van der Waals surface area (Å²) in [5.74, 6) is 0.834. The predicted octanol–water partition coefficient (Wildman–Crippen LogP) is 6.28. The molecule has 3 aromatic rings. The van der Waals surface area contributed by atoms with E-state index in [0.717, 1.165) is 28.0 Å². The van der Waals surface area contributed by atoms with Crippen LogP contribution in [0.25, 0.3) is 6.08 Å². The third-order valence-electron chi connectivity index (χ3n) is 5.91. The number of carbonyl (C=O) groups is 1. The van der Waals surface area contributed by atoms with E-state index in [1.165, 1.54) is 29.2 Å². The second-order valence-electron chi connectivity index (χ2n) is 9.71. The zero-order valence-corrected chi connectivity index (χ0v) is 21.8. The molecule has 1 aliphatic rings. The SMILES string of the molecule is COc1ccc(/C=C2/NC(=S)N(c3ccc(F)cc3)C2=O)cc1COc1cc(C)ccc1C(C)(C)C. The van der Waals surface area contributed by atoms with Gasteiger partial charge in [-0.3, -0.25) is 9.69 Å². The minimum absolute atomic E-state index is 0.0668. The van der Waals surface area contributed by atoms with E-state index in [-0.39, 0.29) is 22.3 Å². The summed E-state index contributed by atoms with van der Waals surface area (Å²) < 4.78 is 25.2. The topological polar surface area (TPSA) is 50.8 Å². The van der Waals surface area contributed by atoms with Crippen molar-refractivity contribution in [3.63, 3.8) is 0 Å². The number of amides is 1. The molecule has 1 saturated heterocycles. The molecule has 36 heavy (non-hydrogen) atoms. The Morgan fingerprint density at radius 2 is 1.75 bits per heavy atom. The van der Waals surface area contributed by atoms with Crippen LogP contribution in [0, 0.1) is 12.7 Å². The third-order valence-corrected chi connectivity index (χ3v) is 6.19. The number of thiocarbonyl (C=S) groups is 1. The van der Waals surface area contributed by atoms with Crippen molar-refractivity contribution >= 4 is 35.0 Å². The Morgan fingerprint density at radius 3 is 2.42 bits per heavy atom. The first kappa shape index (κ1) is 25.4. The van der Waals surface area contributed by atoms with Gasteiger partial charge < -0.3 is 14.8 Å². The average molecular weight is 505 g/mol. The molecule has 186 valence electrons. The highest BCUT2D eigenvalue weighted by molar-refractivity contribution is 7.80. The van der Waals surface area contributed by atoms with Crippen LogP contribution in [0.2, 0.25) is 0 Å². The number of halogens is 1. The van der Waals surface area contributed by atoms with Crippen LogP contribution in [0.3, 0.4) is 0 Å². The summed E-state index contributed by atoms with van der Waals surface area (Å²) in [6, 6.07) is 17.5. The summed E-state index contributed by atoms with van der Waals surface area (Å²) in [5.41, 5.74) is 4.64. The van der Waals surface area contributed by atoms with Crippen LogP contribution in [0.5, 0.6) is 11.5 Å². The van der Waals surface area contributed by atoms with Gasteiger partial charge in [0.2, 0.25) is 0 Å². The van der Waals surface area contributed by atoms with E-state index in [0.29, 0.717) is 23.7 Å². The van der Waals surface area contributed by atoms with Gasteiger partial charge in [-0.05, 0) is 89.8 Å². The second kappa shape index (κ2) is 10.1. The predicted molar refractivity (Wildman–Crippen MR) is 145 cm³/mol. The van der Waals surface area contributed by atoms with E-state index >= 15 is 0 Å². The molecule has 0 aromatic heterocycles. The molecule has 0 bridgehead atoms. The van der Waals surface area contributed by atoms with E-state index in [1.807, 2.05) is 31.2 Å². The fourth-order valence-electron chi connectivity index (χ4n) is 4.05. The van der Waals surface area contributed by atoms with Crippen molar-refractivity contribution in [3.8, 4) is 11.5 Å². The molecular weight excluding hydrogens is 475 g/mol. The number of benzene rings is 3. The van der Waals surface area contributed by atoms with Crippen molar-refractivity contribution in [2.75, 3.05) is 12.0 Å². The summed E-state index contributed by atoms with van der Waals surface area (Å²) in [6.45, 7) is 8.81. The highest BCUT2D eigenvalue weighted by Crippen LogP contribution is 2.33. The molecule has 0 atom stereocenters. The normalized spacial score (nSPS) is 14.8. The van der Waals surface area contributed by atoms with Gasteiger partial charge in [0.25, 0.3) is 5.91 Å². The number of carbonyl (C=O) groups excluding carboxylic acids is 1. The van der Waals surface area contributed by atoms with Gasteiger partial charge in [-0.1, -0.05) is 39.0 Å². The molecule has 1 N–H and O–H groups in total. The zero-order valence-electron chi connectivity index (χ0n) is 21.0. The van der Waals surface area contributed by atoms with E-state index < -0.39 is 0 Å². The summed E-state index contributed by atoms with van der Waals surface area (Å²) in [4.78, 5) is 14.4. The van der Waals surface area contributed by atoms with E-state index in [2.05, 4.69) is 38.2 Å². The Bertz CT molecular complexity index is 1340. The molecule has 0 aliphatic carbocycles. The summed E-state index contributed by atoms with van der Waals surface area (Å²) >= 11 is 5.36. The Morgan fingerprint density at radius 1 is 1.03 bits per heavy atom. The van der Waals surface area contributed by atoms with Gasteiger partial charge in [0.05, 0.1) is 12.8 Å². The van der Waals surface area contributed by atoms with E-state index in [4.69, 9.17) is 21.7 Å². The van der Waals surface area contributed by atoms with E-state index in [1.54, 1.807) is 13.2 Å². The molecule has 5 nitrogen and oxygen atoms in total. The van der Waals surface area contributed by atoms with Gasteiger partial charge in [0.1, 0.15) is 29.6 Å². The van der Waals surface area contributed by atoms with Crippen LogP contribution in [-0.4, -0.2) is 18.1 Å². The first-order chi connectivity index (χ1) is 17.1. The lowest BCUT2D eigenvalue weighted by atomic mass is 9.86. The Kier molecular flexibility index (Phi) is 7.13. The smallest absolute Gasteiger partial charge is 0.281 e. The van der Waals surface area contributed by atoms with Crippen LogP contribution < -0.4 is 19.7 Å². The number of hydrogen-bond donors (Lipinski definition) is 1. The average Bonchev–Trinajstić information content (AvgIpc) is 3.10. The molecule has 0 unspecified atom stereocenters. The molecule has 0 saturated carbocycles. The van der Waals surface area contributed by atoms with Gasteiger partial charge in [-0.2, -0.15) is 0 Å². The van der Waals surface area contributed by atoms with Crippen LogP contribution in [0.4, 0.5) is 10.1 Å². The molecule has 3 aromatic carbocycles. The van der Waals surface area contributed by atoms with Gasteiger partial charge >= 0.3 is 0 Å². The van der Waals surface area contributed by atoms with Crippen molar-refractivity contribution in [1.82, 2.24) is 5.32 Å². The number of nitrogens with zero attached hydrogens (tertiary/aromatic N) is 1. The van der Waals surface area contributed by atoms with Crippen molar-refractivity contribution < 1.29 is 18.7 Å². The number of hydrogen-bond acceptors (Lipinski definition) is 4. The highest BCUT2D eigenvalue weighted by atomic mass is 32.1. The molecular formula is C29H29FN2O3S. The zero-order chi connectivity index (χ0) is 26.0. The Labute approximate surface area is 216 Å². The van der Waals surface area contributed by atoms with Gasteiger partial charge in [0.15, 0.2) is 5.11 Å². The number of anilines is 1. The molecule has 1 amide bonds. The van der Waals surface area contributed by atoms with Crippen molar-refractivity contribution in [3.05, 3.63) is 94.4 Å². The standard InChI is InChI=1S/C29H29FN2O3S/c1-18-6-12-23(29(2,3)4)26(14-18)35-17-20-15-19(7-13-25(20)34-5)16-24-27(33)32(28(36)31-24)22-10-8-21(30)9-11-22/h6-16H,17H2,1-5H3,(H,31,36)/b24-16+. The van der Waals surface area contributed by atoms with Crippen molar-refractivity contribution in [2.45, 2.75) is 39.7 Å². The molecule has 4 rings (SSSR count). The second-order valence-corrected chi connectivity index (χ2v) is 10.1. The van der Waals surface area contributed by atoms with Gasteiger partial charge in [-0.15, -0.1) is 0 Å². The monoisotopic (exact) mass is 504 g/mol. The third kappa shape index (κ3) is 5.41. The van der Waals surface area contributed by atoms with Crippen LogP contribution in [0.15, 0.2) is 66.4 Å². The number of nitrogens with one attached hydrogen (secondary N) is 1. The lowest BCUT2D eigenvalue weighted by molar-refractivity contribution is -0.113. The summed E-state index contributed by atoms with van der Waals surface area (Å²) in [7, 11) is 1.62. The molecule has 1 fully saturated rings. The molecule has 1 aliphatic heterocycles. The first-order valence-corrected chi connectivity index (χ1v) is 12.0. The summed E-state index contributed by atoms with van der Waals surface area (Å²) in [5, 5.41) is 3.20. The molecule has 7 heteroatoms. The summed E-state index contributed by atoms with van der Waals surface area (Å²) in [6.07, 6.45) is 1.73. The molecule has 0 spiro atoms. The van der Waals surface area contributed by atoms with Gasteiger partial charge in [-0.25, -0.2) is 4.39 Å². The highest BCUT2D eigenvalue weighted by Gasteiger charge is 2.32. The first-order valence-electron chi connectivity index (χ1n) is 11.6. The number of aryl methyl sites for hydroxylation is 1. The minimum Gasteiger partial charge on any atom is -0.496 e. The molecule has 1 heterocycles. The van der Waals surface area contributed by atoms with Crippen LogP contribution >= 0.6 is 12.2 Å². The lowest BCUT2D eigenvalue weighted by Crippen LogP contribution is -2.30. The van der Waals surface area contributed by atoms with E-state index in [9.17, 15) is 9.18 Å². The maximum atomic E-state index is 13.3. The fraction of sp³-hybridized carbons (Fsp3) is 0.241. The number of rotatable bonds is 6. The number of ether oxygens (including phenoxy) is 2. The minimum atomic E-state index is -0.381. The van der Waals surface area contributed by atoms with Crippen LogP contribution in [0.1, 0.15) is 43.0 Å². The van der Waals surface area contributed by atoms with Crippen molar-refractivity contribution in [1.29, 1.82) is 0 Å². The fourth-order valence-corrected chi connectivity index (χ4v) is 4.35. The largest absolute Gasteiger partial charge is 0.496 e. The lowest BCUT2D eigenvalue weighted by Gasteiger charge is -2.23. The maximum Gasteiger partial charge on any atom is 0.281 e. The molecule has 0 radical (unpaired) electrons. The number of methoxy groups -OCH3 is 1. The quantitative estimate of drug-likeness (QED) is 0.316. The Balaban J connectivity index is 1.59. The van der Waals surface area contributed by atoms with Crippen molar-refractivity contribution in [2.24, 2.45) is 0 Å². The maximum absolute atomic E-state index is 13.3.